The van der Waals surface area contributed by atoms with E-state index in [0.717, 1.165) is 0 Å². The van der Waals surface area contributed by atoms with Crippen LogP contribution in [0.3, 0.4) is 0 Å². The van der Waals surface area contributed by atoms with E-state index in [1.165, 1.54) is 26.4 Å². The van der Waals surface area contributed by atoms with Crippen LogP contribution in [0, 0.1) is 5.82 Å². The molecule has 0 aromatic heterocycles. The van der Waals surface area contributed by atoms with Gasteiger partial charge in [0, 0.05) is 13.5 Å². The van der Waals surface area contributed by atoms with Crippen molar-refractivity contribution in [2.24, 2.45) is 0 Å². The Hall–Kier alpha value is -1.42. The lowest BCUT2D eigenvalue weighted by atomic mass is 9.97. The highest BCUT2D eigenvalue weighted by molar-refractivity contribution is 5.97. The quantitative estimate of drug-likeness (QED) is 0.742. The molecule has 94 valence electrons. The van der Waals surface area contributed by atoms with E-state index < -0.39 is 11.4 Å². The molecule has 0 N–H and O–H groups in total. The molecule has 1 rings (SSSR count). The first-order chi connectivity index (χ1) is 7.91. The van der Waals surface area contributed by atoms with E-state index in [2.05, 4.69) is 0 Å². The van der Waals surface area contributed by atoms with Gasteiger partial charge in [-0.15, -0.1) is 0 Å². The first kappa shape index (κ1) is 13.6. The van der Waals surface area contributed by atoms with Gasteiger partial charge >= 0.3 is 0 Å². The average molecular weight is 240 g/mol. The standard InChI is InChI=1S/C13H17FO3/c1-13(2,17-4)8-10(15)9-6-5-7-11(16-3)12(9)14/h5-7H,8H2,1-4H3. The van der Waals surface area contributed by atoms with Crippen LogP contribution in [0.4, 0.5) is 4.39 Å². The van der Waals surface area contributed by atoms with Gasteiger partial charge in [0.25, 0.3) is 0 Å². The second-order valence-electron chi connectivity index (χ2n) is 4.39. The summed E-state index contributed by atoms with van der Waals surface area (Å²) in [6, 6.07) is 4.52. The Bertz CT molecular complexity index is 413. The van der Waals surface area contributed by atoms with Crippen LogP contribution in [0.15, 0.2) is 18.2 Å². The van der Waals surface area contributed by atoms with E-state index in [1.54, 1.807) is 19.9 Å². The Morgan fingerprint density at radius 3 is 2.53 bits per heavy atom. The van der Waals surface area contributed by atoms with Crippen LogP contribution in [-0.2, 0) is 4.74 Å². The first-order valence-electron chi connectivity index (χ1n) is 5.32. The smallest absolute Gasteiger partial charge is 0.175 e. The third-order valence-electron chi connectivity index (χ3n) is 2.62. The van der Waals surface area contributed by atoms with Crippen molar-refractivity contribution in [2.45, 2.75) is 25.9 Å². The number of rotatable bonds is 5. The van der Waals surface area contributed by atoms with Gasteiger partial charge in [0.2, 0.25) is 0 Å². The Morgan fingerprint density at radius 2 is 2.00 bits per heavy atom. The number of ketones is 1. The number of methoxy groups -OCH3 is 2. The molecule has 0 atom stereocenters. The fraction of sp³-hybridized carbons (Fsp3) is 0.462. The van der Waals surface area contributed by atoms with Crippen LogP contribution in [0.1, 0.15) is 30.6 Å². The molecule has 0 unspecified atom stereocenters. The molecule has 4 heteroatoms. The highest BCUT2D eigenvalue weighted by atomic mass is 19.1. The third kappa shape index (κ3) is 3.27. The van der Waals surface area contributed by atoms with Crippen molar-refractivity contribution >= 4 is 5.78 Å². The molecule has 0 heterocycles. The van der Waals surface area contributed by atoms with E-state index in [4.69, 9.17) is 9.47 Å². The van der Waals surface area contributed by atoms with Gasteiger partial charge in [0.1, 0.15) is 0 Å². The average Bonchev–Trinajstić information content (AvgIpc) is 2.28. The molecule has 0 aliphatic rings. The molecule has 17 heavy (non-hydrogen) atoms. The van der Waals surface area contributed by atoms with Gasteiger partial charge in [0.05, 0.1) is 18.3 Å². The molecule has 0 saturated carbocycles. The molecule has 0 aliphatic heterocycles. The Morgan fingerprint density at radius 1 is 1.35 bits per heavy atom. The van der Waals surface area contributed by atoms with Crippen molar-refractivity contribution in [3.8, 4) is 5.75 Å². The highest BCUT2D eigenvalue weighted by Crippen LogP contribution is 2.23. The van der Waals surface area contributed by atoms with Gasteiger partial charge in [-0.2, -0.15) is 0 Å². The summed E-state index contributed by atoms with van der Waals surface area (Å²) in [5, 5.41) is 0. The zero-order valence-corrected chi connectivity index (χ0v) is 10.5. The fourth-order valence-electron chi connectivity index (χ4n) is 1.44. The largest absolute Gasteiger partial charge is 0.494 e. The molecule has 0 fully saturated rings. The van der Waals surface area contributed by atoms with Gasteiger partial charge in [-0.05, 0) is 26.0 Å². The maximum absolute atomic E-state index is 13.8. The van der Waals surface area contributed by atoms with Crippen molar-refractivity contribution in [1.82, 2.24) is 0 Å². The minimum atomic E-state index is -0.619. The zero-order chi connectivity index (χ0) is 13.1. The number of hydrogen-bond acceptors (Lipinski definition) is 3. The summed E-state index contributed by atoms with van der Waals surface area (Å²) in [6.45, 7) is 3.56. The van der Waals surface area contributed by atoms with E-state index in [-0.39, 0.29) is 23.5 Å². The van der Waals surface area contributed by atoms with E-state index >= 15 is 0 Å². The lowest BCUT2D eigenvalue weighted by Gasteiger charge is -2.21. The number of benzene rings is 1. The molecule has 1 aromatic carbocycles. The summed E-state index contributed by atoms with van der Waals surface area (Å²) in [6.07, 6.45) is 0.119. The summed E-state index contributed by atoms with van der Waals surface area (Å²) >= 11 is 0. The molecule has 1 aromatic rings. The van der Waals surface area contributed by atoms with Crippen LogP contribution < -0.4 is 4.74 Å². The Balaban J connectivity index is 2.97. The minimum absolute atomic E-state index is 0.0366. The zero-order valence-electron chi connectivity index (χ0n) is 10.5. The number of halogens is 1. The van der Waals surface area contributed by atoms with Crippen molar-refractivity contribution in [3.05, 3.63) is 29.6 Å². The minimum Gasteiger partial charge on any atom is -0.494 e. The van der Waals surface area contributed by atoms with Gasteiger partial charge in [0.15, 0.2) is 17.3 Å². The second kappa shape index (κ2) is 5.27. The third-order valence-corrected chi connectivity index (χ3v) is 2.62. The molecule has 3 nitrogen and oxygen atoms in total. The molecule has 0 amide bonds. The SMILES string of the molecule is COc1cccc(C(=O)CC(C)(C)OC)c1F. The van der Waals surface area contributed by atoms with Crippen molar-refractivity contribution in [3.63, 3.8) is 0 Å². The maximum atomic E-state index is 13.8. The second-order valence-corrected chi connectivity index (χ2v) is 4.39. The molecule has 0 bridgehead atoms. The predicted molar refractivity (Wildman–Crippen MR) is 63.0 cm³/mol. The van der Waals surface area contributed by atoms with E-state index in [0.29, 0.717) is 0 Å². The van der Waals surface area contributed by atoms with Crippen LogP contribution in [0.5, 0.6) is 5.75 Å². The van der Waals surface area contributed by atoms with E-state index in [9.17, 15) is 9.18 Å². The fourth-order valence-corrected chi connectivity index (χ4v) is 1.44. The first-order valence-corrected chi connectivity index (χ1v) is 5.32. The number of Topliss-reactive ketones (excluding diaryl/α,β-unsaturated/α-hetero) is 1. The molecule has 0 aliphatic carbocycles. The molecular formula is C13H17FO3. The normalized spacial score (nSPS) is 11.4. The highest BCUT2D eigenvalue weighted by Gasteiger charge is 2.24. The molecule has 0 spiro atoms. The summed E-state index contributed by atoms with van der Waals surface area (Å²) in [7, 11) is 2.89. The van der Waals surface area contributed by atoms with Crippen LogP contribution in [-0.4, -0.2) is 25.6 Å². The maximum Gasteiger partial charge on any atom is 0.175 e. The van der Waals surface area contributed by atoms with Gasteiger partial charge in [-0.1, -0.05) is 6.07 Å². The van der Waals surface area contributed by atoms with E-state index in [1.807, 2.05) is 0 Å². The lowest BCUT2D eigenvalue weighted by Crippen LogP contribution is -2.26. The molecule has 0 saturated heterocycles. The monoisotopic (exact) mass is 240 g/mol. The Kier molecular flexibility index (Phi) is 4.23. The summed E-state index contributed by atoms with van der Waals surface area (Å²) in [4.78, 5) is 11.9. The summed E-state index contributed by atoms with van der Waals surface area (Å²) in [5.41, 5.74) is -0.568. The summed E-state index contributed by atoms with van der Waals surface area (Å²) < 4.78 is 23.8. The number of ether oxygens (including phenoxy) is 2. The van der Waals surface area contributed by atoms with Crippen molar-refractivity contribution in [1.29, 1.82) is 0 Å². The molecule has 0 radical (unpaired) electrons. The van der Waals surface area contributed by atoms with Crippen LogP contribution in [0.2, 0.25) is 0 Å². The Labute approximate surface area is 101 Å². The van der Waals surface area contributed by atoms with Crippen LogP contribution >= 0.6 is 0 Å². The number of carbonyl (C=O) groups is 1. The predicted octanol–water partition coefficient (Wildman–Crippen LogP) is 2.83. The van der Waals surface area contributed by atoms with Gasteiger partial charge < -0.3 is 9.47 Å². The topological polar surface area (TPSA) is 35.5 Å². The summed E-state index contributed by atoms with van der Waals surface area (Å²) in [5.74, 6) is -0.841. The lowest BCUT2D eigenvalue weighted by molar-refractivity contribution is 0.0171. The number of carbonyl (C=O) groups excluding carboxylic acids is 1. The van der Waals surface area contributed by atoms with Crippen LogP contribution in [0.25, 0.3) is 0 Å². The van der Waals surface area contributed by atoms with Gasteiger partial charge in [-0.3, -0.25) is 4.79 Å². The van der Waals surface area contributed by atoms with Crippen molar-refractivity contribution in [2.75, 3.05) is 14.2 Å². The van der Waals surface area contributed by atoms with Crippen molar-refractivity contribution < 1.29 is 18.7 Å². The van der Waals surface area contributed by atoms with Gasteiger partial charge in [-0.25, -0.2) is 4.39 Å². The molecular weight excluding hydrogens is 223 g/mol. The number of hydrogen-bond donors (Lipinski definition) is 0.